The van der Waals surface area contributed by atoms with Crippen LogP contribution in [0.3, 0.4) is 0 Å². The molecule has 5 rings (SSSR count). The molecule has 2 bridgehead atoms. The Hall–Kier alpha value is -3.61. The fourth-order valence-corrected chi connectivity index (χ4v) is 5.50. The molecule has 0 aromatic heterocycles. The first-order valence-electron chi connectivity index (χ1n) is 11.1. The molecular weight excluding hydrogens is 420 g/mol. The summed E-state index contributed by atoms with van der Waals surface area (Å²) >= 11 is 0. The summed E-state index contributed by atoms with van der Waals surface area (Å²) in [6.07, 6.45) is 5.18. The predicted octanol–water partition coefficient (Wildman–Crippen LogP) is 3.06. The molecule has 3 amide bonds. The van der Waals surface area contributed by atoms with Crippen molar-refractivity contribution in [2.24, 2.45) is 23.7 Å². The smallest absolute Gasteiger partial charge is 0.248 e. The van der Waals surface area contributed by atoms with Crippen molar-refractivity contribution in [2.75, 3.05) is 19.5 Å². The maximum Gasteiger partial charge on any atom is 0.248 e. The van der Waals surface area contributed by atoms with Gasteiger partial charge in [-0.05, 0) is 36.0 Å². The predicted molar refractivity (Wildman–Crippen MR) is 122 cm³/mol. The molecule has 2 aliphatic carbocycles. The Morgan fingerprint density at radius 2 is 1.67 bits per heavy atom. The van der Waals surface area contributed by atoms with Crippen LogP contribution in [0.2, 0.25) is 0 Å². The number of rotatable bonds is 7. The van der Waals surface area contributed by atoms with Gasteiger partial charge in [0, 0.05) is 12.5 Å². The molecule has 0 radical (unpaired) electrons. The molecule has 3 aliphatic rings. The van der Waals surface area contributed by atoms with E-state index in [0.717, 1.165) is 12.0 Å². The lowest BCUT2D eigenvalue weighted by Gasteiger charge is -2.27. The standard InChI is InChI=1S/C26H26N2O5/c1-32-18-10-11-21(33-2)19(14-18)27-24(29)20(12-15-6-4-3-5-7-15)28-25(30)22-16-8-9-17(13-16)23(22)26(28)31/h3-11,14,16-17,20,22-23H,12-13H2,1-2H3,(H,27,29)/t16-,17+,20-,22-,23+/m1/s1. The third-order valence-corrected chi connectivity index (χ3v) is 7.06. The summed E-state index contributed by atoms with van der Waals surface area (Å²) in [5, 5.41) is 2.87. The fourth-order valence-electron chi connectivity index (χ4n) is 5.50. The van der Waals surface area contributed by atoms with E-state index in [9.17, 15) is 14.4 Å². The third-order valence-electron chi connectivity index (χ3n) is 7.06. The second-order valence-electron chi connectivity index (χ2n) is 8.81. The highest BCUT2D eigenvalue weighted by molar-refractivity contribution is 6.11. The number of carbonyl (C=O) groups is 3. The SMILES string of the molecule is COc1ccc(OC)c(NC(=O)[C@@H](Cc2ccccc2)N2C(=O)[C@@H]3[C@H](C2=O)[C@@H]2C=C[C@H]3C2)c1. The van der Waals surface area contributed by atoms with E-state index in [-0.39, 0.29) is 41.9 Å². The molecule has 1 N–H and O–H groups in total. The summed E-state index contributed by atoms with van der Waals surface area (Å²) in [4.78, 5) is 41.7. The van der Waals surface area contributed by atoms with E-state index in [2.05, 4.69) is 5.32 Å². The zero-order valence-corrected chi connectivity index (χ0v) is 18.6. The van der Waals surface area contributed by atoms with Crippen molar-refractivity contribution in [1.82, 2.24) is 4.90 Å². The Kier molecular flexibility index (Phi) is 5.40. The van der Waals surface area contributed by atoms with Crippen molar-refractivity contribution in [1.29, 1.82) is 0 Å². The van der Waals surface area contributed by atoms with Crippen LogP contribution in [-0.4, -0.2) is 42.9 Å². The number of hydrogen-bond donors (Lipinski definition) is 1. The number of amides is 3. The van der Waals surface area contributed by atoms with Crippen LogP contribution in [0, 0.1) is 23.7 Å². The van der Waals surface area contributed by atoms with Crippen molar-refractivity contribution in [3.8, 4) is 11.5 Å². The zero-order chi connectivity index (χ0) is 23.1. The highest BCUT2D eigenvalue weighted by atomic mass is 16.5. The molecular formula is C26H26N2O5. The number of likely N-dealkylation sites (tertiary alicyclic amines) is 1. The minimum atomic E-state index is -0.965. The Morgan fingerprint density at radius 1 is 1.00 bits per heavy atom. The zero-order valence-electron chi connectivity index (χ0n) is 18.6. The second-order valence-corrected chi connectivity index (χ2v) is 8.81. The van der Waals surface area contributed by atoms with Crippen LogP contribution in [0.5, 0.6) is 11.5 Å². The molecule has 7 nitrogen and oxygen atoms in total. The number of ether oxygens (including phenoxy) is 2. The number of fused-ring (bicyclic) bond motifs is 5. The van der Waals surface area contributed by atoms with Crippen molar-refractivity contribution < 1.29 is 23.9 Å². The van der Waals surface area contributed by atoms with Gasteiger partial charge in [0.25, 0.3) is 0 Å². The Bertz CT molecular complexity index is 1100. The van der Waals surface area contributed by atoms with E-state index in [0.29, 0.717) is 17.2 Å². The van der Waals surface area contributed by atoms with E-state index in [1.54, 1.807) is 18.2 Å². The topological polar surface area (TPSA) is 84.9 Å². The Labute approximate surface area is 192 Å². The van der Waals surface area contributed by atoms with E-state index < -0.39 is 11.9 Å². The van der Waals surface area contributed by atoms with Crippen LogP contribution in [0.15, 0.2) is 60.7 Å². The quantitative estimate of drug-likeness (QED) is 0.522. The van der Waals surface area contributed by atoms with Crippen LogP contribution in [0.25, 0.3) is 0 Å². The lowest BCUT2D eigenvalue weighted by Crippen LogP contribution is -2.49. The van der Waals surface area contributed by atoms with Gasteiger partial charge in [-0.1, -0.05) is 42.5 Å². The summed E-state index contributed by atoms with van der Waals surface area (Å²) in [5.74, 6) is -0.453. The first-order chi connectivity index (χ1) is 16.0. The van der Waals surface area contributed by atoms with Crippen LogP contribution < -0.4 is 14.8 Å². The van der Waals surface area contributed by atoms with Gasteiger partial charge in [0.05, 0.1) is 31.7 Å². The van der Waals surface area contributed by atoms with E-state index >= 15 is 0 Å². The van der Waals surface area contributed by atoms with Crippen molar-refractivity contribution >= 4 is 23.4 Å². The molecule has 1 saturated carbocycles. The lowest BCUT2D eigenvalue weighted by molar-refractivity contribution is -0.147. The molecule has 33 heavy (non-hydrogen) atoms. The van der Waals surface area contributed by atoms with Gasteiger partial charge >= 0.3 is 0 Å². The molecule has 1 heterocycles. The molecule has 1 saturated heterocycles. The normalized spacial score (nSPS) is 25.8. The van der Waals surface area contributed by atoms with E-state index in [1.165, 1.54) is 19.1 Å². The monoisotopic (exact) mass is 446 g/mol. The number of allylic oxidation sites excluding steroid dienone is 2. The molecule has 7 heteroatoms. The number of methoxy groups -OCH3 is 2. The minimum absolute atomic E-state index is 0.0837. The number of nitrogens with zero attached hydrogens (tertiary/aromatic N) is 1. The second kappa shape index (κ2) is 8.39. The van der Waals surface area contributed by atoms with Crippen molar-refractivity contribution in [3.63, 3.8) is 0 Å². The maximum absolute atomic E-state index is 13.6. The summed E-state index contributed by atoms with van der Waals surface area (Å²) in [6.45, 7) is 0. The van der Waals surface area contributed by atoms with Crippen LogP contribution >= 0.6 is 0 Å². The largest absolute Gasteiger partial charge is 0.497 e. The minimum Gasteiger partial charge on any atom is -0.497 e. The molecule has 2 fully saturated rings. The summed E-state index contributed by atoms with van der Waals surface area (Å²) in [5.41, 5.74) is 1.29. The molecule has 2 aromatic rings. The maximum atomic E-state index is 13.6. The van der Waals surface area contributed by atoms with E-state index in [4.69, 9.17) is 9.47 Å². The average Bonchev–Trinajstić information content (AvgIpc) is 3.52. The highest BCUT2D eigenvalue weighted by Gasteiger charge is 2.61. The number of imide groups is 1. The van der Waals surface area contributed by atoms with Gasteiger partial charge in [-0.25, -0.2) is 0 Å². The van der Waals surface area contributed by atoms with Gasteiger partial charge in [-0.3, -0.25) is 19.3 Å². The van der Waals surface area contributed by atoms with Crippen LogP contribution in [-0.2, 0) is 20.8 Å². The van der Waals surface area contributed by atoms with Gasteiger partial charge in [0.1, 0.15) is 17.5 Å². The molecule has 2 aromatic carbocycles. The van der Waals surface area contributed by atoms with Gasteiger partial charge in [0.2, 0.25) is 17.7 Å². The first-order valence-corrected chi connectivity index (χ1v) is 11.1. The highest BCUT2D eigenvalue weighted by Crippen LogP contribution is 2.53. The molecule has 5 atom stereocenters. The van der Waals surface area contributed by atoms with Crippen molar-refractivity contribution in [3.05, 3.63) is 66.2 Å². The third kappa shape index (κ3) is 3.57. The lowest BCUT2D eigenvalue weighted by atomic mass is 9.85. The van der Waals surface area contributed by atoms with E-state index in [1.807, 2.05) is 42.5 Å². The molecule has 170 valence electrons. The van der Waals surface area contributed by atoms with Gasteiger partial charge in [-0.2, -0.15) is 0 Å². The van der Waals surface area contributed by atoms with Crippen LogP contribution in [0.1, 0.15) is 12.0 Å². The Morgan fingerprint density at radius 3 is 2.27 bits per heavy atom. The van der Waals surface area contributed by atoms with Gasteiger partial charge < -0.3 is 14.8 Å². The molecule has 1 aliphatic heterocycles. The number of nitrogens with one attached hydrogen (secondary N) is 1. The van der Waals surface area contributed by atoms with Gasteiger partial charge in [-0.15, -0.1) is 0 Å². The number of carbonyl (C=O) groups excluding carboxylic acids is 3. The number of anilines is 1. The van der Waals surface area contributed by atoms with Crippen molar-refractivity contribution in [2.45, 2.75) is 18.9 Å². The molecule has 0 spiro atoms. The number of benzene rings is 2. The average molecular weight is 447 g/mol. The van der Waals surface area contributed by atoms with Gasteiger partial charge in [0.15, 0.2) is 0 Å². The summed E-state index contributed by atoms with van der Waals surface area (Å²) in [7, 11) is 3.05. The first kappa shape index (κ1) is 21.2. The van der Waals surface area contributed by atoms with Crippen LogP contribution in [0.4, 0.5) is 5.69 Å². The number of hydrogen-bond acceptors (Lipinski definition) is 5. The summed E-state index contributed by atoms with van der Waals surface area (Å²) in [6, 6.07) is 13.5. The summed E-state index contributed by atoms with van der Waals surface area (Å²) < 4.78 is 10.7. The molecule has 0 unspecified atom stereocenters. The Balaban J connectivity index is 1.47. The fraction of sp³-hybridized carbons (Fsp3) is 0.346.